The Bertz CT molecular complexity index is 592. The molecule has 6 heteroatoms. The lowest BCUT2D eigenvalue weighted by Crippen LogP contribution is -2.42. The molecule has 1 aromatic carbocycles. The lowest BCUT2D eigenvalue weighted by molar-refractivity contribution is -0.150. The number of alkyl carbamates (subject to hydrolysis) is 1. The minimum Gasteiger partial charge on any atom is -0.457 e. The van der Waals surface area contributed by atoms with Crippen LogP contribution in [0.1, 0.15) is 39.7 Å². The zero-order valence-corrected chi connectivity index (χ0v) is 15.2. The van der Waals surface area contributed by atoms with Gasteiger partial charge in [-0.05, 0) is 33.3 Å². The highest BCUT2D eigenvalue weighted by Crippen LogP contribution is 2.14. The van der Waals surface area contributed by atoms with Gasteiger partial charge in [-0.3, -0.25) is 0 Å². The molecule has 0 radical (unpaired) electrons. The molecule has 0 heterocycles. The summed E-state index contributed by atoms with van der Waals surface area (Å²) < 4.78 is 10.3. The smallest absolute Gasteiger partial charge is 0.407 e. The summed E-state index contributed by atoms with van der Waals surface area (Å²) in [5, 5.41) is 12.7. The Labute approximate surface area is 148 Å². The zero-order chi connectivity index (χ0) is 19.0. The van der Waals surface area contributed by atoms with Crippen molar-refractivity contribution in [2.75, 3.05) is 0 Å². The Morgan fingerprint density at radius 2 is 1.84 bits per heavy atom. The van der Waals surface area contributed by atoms with Crippen LogP contribution in [0.15, 0.2) is 42.5 Å². The maximum Gasteiger partial charge on any atom is 0.407 e. The van der Waals surface area contributed by atoms with Gasteiger partial charge in [0.2, 0.25) is 0 Å². The number of aliphatic hydroxyl groups is 1. The van der Waals surface area contributed by atoms with Gasteiger partial charge in [0, 0.05) is 12.0 Å². The first-order valence-corrected chi connectivity index (χ1v) is 8.15. The Morgan fingerprint density at radius 3 is 2.40 bits per heavy atom. The predicted octanol–water partition coefficient (Wildman–Crippen LogP) is 2.95. The molecular weight excluding hydrogens is 322 g/mol. The SMILES string of the molecule is C=C(C[C@@H](O)[C@H](C)NC(=O)OCc1ccccc1)C(=O)OC(C)(C)C. The summed E-state index contributed by atoms with van der Waals surface area (Å²) in [6.45, 7) is 10.7. The third-order valence-corrected chi connectivity index (χ3v) is 3.28. The molecule has 0 spiro atoms. The fourth-order valence-electron chi connectivity index (χ4n) is 1.91. The zero-order valence-electron chi connectivity index (χ0n) is 15.2. The van der Waals surface area contributed by atoms with Crippen molar-refractivity contribution in [1.29, 1.82) is 0 Å². The van der Waals surface area contributed by atoms with E-state index in [1.807, 2.05) is 30.3 Å². The van der Waals surface area contributed by atoms with Gasteiger partial charge in [-0.2, -0.15) is 0 Å². The van der Waals surface area contributed by atoms with Crippen molar-refractivity contribution >= 4 is 12.1 Å². The van der Waals surface area contributed by atoms with Crippen molar-refractivity contribution in [1.82, 2.24) is 5.32 Å². The van der Waals surface area contributed by atoms with E-state index in [2.05, 4.69) is 11.9 Å². The quantitative estimate of drug-likeness (QED) is 0.584. The molecule has 0 aromatic heterocycles. The van der Waals surface area contributed by atoms with Crippen LogP contribution in [-0.4, -0.2) is 34.9 Å². The van der Waals surface area contributed by atoms with Crippen molar-refractivity contribution in [3.63, 3.8) is 0 Å². The van der Waals surface area contributed by atoms with E-state index < -0.39 is 29.8 Å². The van der Waals surface area contributed by atoms with Crippen LogP contribution < -0.4 is 5.32 Å². The molecule has 0 unspecified atom stereocenters. The average Bonchev–Trinajstić information content (AvgIpc) is 2.52. The largest absolute Gasteiger partial charge is 0.457 e. The molecule has 0 saturated heterocycles. The fourth-order valence-corrected chi connectivity index (χ4v) is 1.91. The van der Waals surface area contributed by atoms with Crippen molar-refractivity contribution < 1.29 is 24.2 Å². The molecule has 1 rings (SSSR count). The number of carbonyl (C=O) groups excluding carboxylic acids is 2. The summed E-state index contributed by atoms with van der Waals surface area (Å²) in [4.78, 5) is 23.6. The standard InChI is InChI=1S/C19H27NO5/c1-13(17(22)25-19(3,4)5)11-16(21)14(2)20-18(23)24-12-15-9-7-6-8-10-15/h6-10,14,16,21H,1,11-12H2,2-5H3,(H,20,23)/t14-,16+/m0/s1. The monoisotopic (exact) mass is 349 g/mol. The number of hydrogen-bond acceptors (Lipinski definition) is 5. The Morgan fingerprint density at radius 1 is 1.24 bits per heavy atom. The summed E-state index contributed by atoms with van der Waals surface area (Å²) in [6, 6.07) is 8.66. The van der Waals surface area contributed by atoms with Gasteiger partial charge >= 0.3 is 12.1 Å². The molecule has 0 aliphatic rings. The first-order valence-electron chi connectivity index (χ1n) is 8.15. The highest BCUT2D eigenvalue weighted by molar-refractivity contribution is 5.88. The van der Waals surface area contributed by atoms with E-state index in [9.17, 15) is 14.7 Å². The van der Waals surface area contributed by atoms with Gasteiger partial charge in [0.25, 0.3) is 0 Å². The minimum absolute atomic E-state index is 0.00492. The number of carbonyl (C=O) groups is 2. The van der Waals surface area contributed by atoms with E-state index in [0.717, 1.165) is 5.56 Å². The van der Waals surface area contributed by atoms with Gasteiger partial charge in [-0.15, -0.1) is 0 Å². The molecule has 6 nitrogen and oxygen atoms in total. The number of nitrogens with one attached hydrogen (secondary N) is 1. The van der Waals surface area contributed by atoms with Crippen LogP contribution in [0.5, 0.6) is 0 Å². The van der Waals surface area contributed by atoms with Crippen LogP contribution >= 0.6 is 0 Å². The summed E-state index contributed by atoms with van der Waals surface area (Å²) in [5.74, 6) is -0.564. The second kappa shape index (κ2) is 9.22. The molecule has 138 valence electrons. The Kier molecular flexibility index (Phi) is 7.64. The summed E-state index contributed by atoms with van der Waals surface area (Å²) in [6.07, 6.45) is -1.63. The average molecular weight is 349 g/mol. The normalized spacial score (nSPS) is 13.5. The molecule has 1 aromatic rings. The summed E-state index contributed by atoms with van der Waals surface area (Å²) in [5.41, 5.74) is 0.383. The summed E-state index contributed by atoms with van der Waals surface area (Å²) >= 11 is 0. The molecule has 0 fully saturated rings. The molecule has 1 amide bonds. The topological polar surface area (TPSA) is 84.9 Å². The van der Waals surface area contributed by atoms with Crippen LogP contribution in [0.4, 0.5) is 4.79 Å². The van der Waals surface area contributed by atoms with E-state index in [1.54, 1.807) is 27.7 Å². The molecule has 0 bridgehead atoms. The van der Waals surface area contributed by atoms with Crippen LogP contribution in [-0.2, 0) is 20.9 Å². The summed E-state index contributed by atoms with van der Waals surface area (Å²) in [7, 11) is 0. The van der Waals surface area contributed by atoms with E-state index in [0.29, 0.717) is 0 Å². The van der Waals surface area contributed by atoms with Gasteiger partial charge in [0.1, 0.15) is 12.2 Å². The van der Waals surface area contributed by atoms with Gasteiger partial charge in [-0.1, -0.05) is 36.9 Å². The van der Waals surface area contributed by atoms with Crippen molar-refractivity contribution in [2.24, 2.45) is 0 Å². The molecular formula is C19H27NO5. The van der Waals surface area contributed by atoms with Crippen LogP contribution in [0.3, 0.4) is 0 Å². The van der Waals surface area contributed by atoms with Gasteiger partial charge in [-0.25, -0.2) is 9.59 Å². The van der Waals surface area contributed by atoms with E-state index >= 15 is 0 Å². The number of amides is 1. The second-order valence-electron chi connectivity index (χ2n) is 6.87. The number of ether oxygens (including phenoxy) is 2. The molecule has 2 N–H and O–H groups in total. The number of hydrogen-bond donors (Lipinski definition) is 2. The van der Waals surface area contributed by atoms with E-state index in [4.69, 9.17) is 9.47 Å². The highest BCUT2D eigenvalue weighted by atomic mass is 16.6. The third-order valence-electron chi connectivity index (χ3n) is 3.28. The number of rotatable bonds is 7. The second-order valence-corrected chi connectivity index (χ2v) is 6.87. The molecule has 2 atom stereocenters. The van der Waals surface area contributed by atoms with Crippen LogP contribution in [0.25, 0.3) is 0 Å². The number of benzene rings is 1. The first-order chi connectivity index (χ1) is 11.6. The molecule has 0 aliphatic heterocycles. The lowest BCUT2D eigenvalue weighted by atomic mass is 10.0. The molecule has 0 aliphatic carbocycles. The number of esters is 1. The first kappa shape index (κ1) is 20.7. The Balaban J connectivity index is 2.40. The van der Waals surface area contributed by atoms with Crippen molar-refractivity contribution in [3.8, 4) is 0 Å². The maximum atomic E-state index is 11.9. The van der Waals surface area contributed by atoms with Gasteiger partial charge in [0.15, 0.2) is 0 Å². The van der Waals surface area contributed by atoms with Crippen molar-refractivity contribution in [3.05, 3.63) is 48.0 Å². The maximum absolute atomic E-state index is 11.9. The van der Waals surface area contributed by atoms with E-state index in [1.165, 1.54) is 0 Å². The lowest BCUT2D eigenvalue weighted by Gasteiger charge is -2.23. The minimum atomic E-state index is -0.982. The fraction of sp³-hybridized carbons (Fsp3) is 0.474. The predicted molar refractivity (Wildman–Crippen MR) is 94.8 cm³/mol. The van der Waals surface area contributed by atoms with Crippen LogP contribution in [0.2, 0.25) is 0 Å². The van der Waals surface area contributed by atoms with Crippen LogP contribution in [0, 0.1) is 0 Å². The van der Waals surface area contributed by atoms with Crippen molar-refractivity contribution in [2.45, 2.75) is 58.5 Å². The number of aliphatic hydroxyl groups excluding tert-OH is 1. The van der Waals surface area contributed by atoms with Gasteiger partial charge < -0.3 is 19.9 Å². The third kappa shape index (κ3) is 8.35. The molecule has 0 saturated carbocycles. The molecule has 25 heavy (non-hydrogen) atoms. The highest BCUT2D eigenvalue weighted by Gasteiger charge is 2.24. The Hall–Kier alpha value is -2.34. The van der Waals surface area contributed by atoms with Gasteiger partial charge in [0.05, 0.1) is 12.1 Å². The van der Waals surface area contributed by atoms with E-state index in [-0.39, 0.29) is 18.6 Å².